The van der Waals surface area contributed by atoms with Gasteiger partial charge in [0.1, 0.15) is 28.7 Å². The Hall–Kier alpha value is -3.28. The molecule has 0 radical (unpaired) electrons. The molecule has 1 heterocycles. The van der Waals surface area contributed by atoms with Crippen molar-refractivity contribution in [2.24, 2.45) is 23.0 Å². The van der Waals surface area contributed by atoms with Crippen molar-refractivity contribution < 1.29 is 39.2 Å². The Labute approximate surface area is 231 Å². The molecule has 6 N–H and O–H groups in total. The van der Waals surface area contributed by atoms with E-state index < -0.39 is 63.9 Å². The Morgan fingerprint density at radius 2 is 1.80 bits per heavy atom. The highest BCUT2D eigenvalue weighted by molar-refractivity contribution is 6.24. The molecular weight excluding hydrogens is 521 g/mol. The van der Waals surface area contributed by atoms with Crippen molar-refractivity contribution in [3.05, 3.63) is 45.0 Å². The Kier molecular flexibility index (Phi) is 6.44. The van der Waals surface area contributed by atoms with Gasteiger partial charge in [0.2, 0.25) is 5.78 Å². The molecule has 3 aliphatic carbocycles. The number of aromatic hydroxyl groups is 1. The van der Waals surface area contributed by atoms with Crippen LogP contribution in [0.15, 0.2) is 16.9 Å². The number of hydrogen-bond donors (Lipinski definition) is 5. The first kappa shape index (κ1) is 28.3. The van der Waals surface area contributed by atoms with Crippen LogP contribution in [-0.2, 0) is 33.8 Å². The number of phenols is 1. The lowest BCUT2D eigenvalue weighted by molar-refractivity contribution is -0.153. The first-order chi connectivity index (χ1) is 18.5. The van der Waals surface area contributed by atoms with Gasteiger partial charge >= 0.3 is 0 Å². The van der Waals surface area contributed by atoms with Gasteiger partial charge in [-0.2, -0.15) is 0 Å². The molecule has 11 heteroatoms. The summed E-state index contributed by atoms with van der Waals surface area (Å²) in [5.41, 5.74) is 2.04. The molecule has 0 saturated heterocycles. The quantitative estimate of drug-likeness (QED) is 0.347. The highest BCUT2D eigenvalue weighted by Gasteiger charge is 2.64. The van der Waals surface area contributed by atoms with E-state index in [1.54, 1.807) is 0 Å². The average Bonchev–Trinajstić information content (AvgIpc) is 2.83. The minimum absolute atomic E-state index is 0.0197. The molecule has 1 aromatic carbocycles. The molecule has 40 heavy (non-hydrogen) atoms. The molecule has 0 unspecified atom stereocenters. The summed E-state index contributed by atoms with van der Waals surface area (Å²) >= 11 is 0. The van der Waals surface area contributed by atoms with Gasteiger partial charge in [0.15, 0.2) is 11.4 Å². The number of benzene rings is 1. The number of nitrogens with two attached hydrogens (primary N) is 1. The number of ketones is 2. The number of likely N-dealkylation sites (N-methyl/N-ethyl adjacent to an activating group) is 1. The second kappa shape index (κ2) is 9.12. The zero-order chi connectivity index (χ0) is 29.6. The highest BCUT2D eigenvalue weighted by atomic mass is 19.1. The van der Waals surface area contributed by atoms with Crippen molar-refractivity contribution in [2.45, 2.75) is 58.2 Å². The molecule has 4 atom stereocenters. The van der Waals surface area contributed by atoms with Crippen molar-refractivity contribution in [3.63, 3.8) is 0 Å². The van der Waals surface area contributed by atoms with Gasteiger partial charge in [-0.1, -0.05) is 20.8 Å². The predicted octanol–water partition coefficient (Wildman–Crippen LogP) is 1.51. The van der Waals surface area contributed by atoms with Gasteiger partial charge in [0.25, 0.3) is 5.91 Å². The maximum Gasteiger partial charge on any atom is 0.255 e. The molecule has 0 bridgehead atoms. The summed E-state index contributed by atoms with van der Waals surface area (Å²) in [5, 5.41) is 45.2. The number of hydrogen-bond acceptors (Lipinski definition) is 9. The van der Waals surface area contributed by atoms with Gasteiger partial charge in [0.05, 0.1) is 11.6 Å². The number of aliphatic hydroxyl groups is 3. The normalized spacial score (nSPS) is 28.9. The van der Waals surface area contributed by atoms with E-state index in [4.69, 9.17) is 5.73 Å². The summed E-state index contributed by atoms with van der Waals surface area (Å²) < 4.78 is 16.2. The highest BCUT2D eigenvalue weighted by Crippen LogP contribution is 2.54. The van der Waals surface area contributed by atoms with E-state index in [9.17, 15) is 34.8 Å². The fourth-order valence-corrected chi connectivity index (χ4v) is 7.25. The molecule has 0 spiro atoms. The maximum atomic E-state index is 16.2. The van der Waals surface area contributed by atoms with Gasteiger partial charge in [-0.3, -0.25) is 24.2 Å². The van der Waals surface area contributed by atoms with Gasteiger partial charge in [-0.15, -0.1) is 0 Å². The first-order valence-electron chi connectivity index (χ1n) is 13.4. The van der Waals surface area contributed by atoms with Gasteiger partial charge < -0.3 is 26.2 Å². The van der Waals surface area contributed by atoms with Crippen LogP contribution in [0.5, 0.6) is 5.75 Å². The van der Waals surface area contributed by atoms with E-state index in [1.807, 2.05) is 0 Å². The molecule has 5 rings (SSSR count). The number of carbonyl (C=O) groups is 3. The third-order valence-corrected chi connectivity index (χ3v) is 8.79. The van der Waals surface area contributed by atoms with E-state index in [-0.39, 0.29) is 47.3 Å². The van der Waals surface area contributed by atoms with Crippen LogP contribution in [0.4, 0.5) is 4.39 Å². The number of rotatable bonds is 3. The second-order valence-corrected chi connectivity index (χ2v) is 13.0. The van der Waals surface area contributed by atoms with Gasteiger partial charge in [-0.05, 0) is 44.7 Å². The van der Waals surface area contributed by atoms with Crippen LogP contribution in [0.25, 0.3) is 5.76 Å². The number of fused-ring (bicyclic) bond motifs is 4. The Morgan fingerprint density at radius 3 is 2.38 bits per heavy atom. The monoisotopic (exact) mass is 557 g/mol. The summed E-state index contributed by atoms with van der Waals surface area (Å²) in [5.74, 6) is -7.94. The third-order valence-electron chi connectivity index (χ3n) is 8.79. The number of aliphatic hydroxyl groups excluding tert-OH is 2. The van der Waals surface area contributed by atoms with E-state index in [1.165, 1.54) is 19.0 Å². The van der Waals surface area contributed by atoms with E-state index in [0.717, 1.165) is 6.54 Å². The van der Waals surface area contributed by atoms with Crippen LogP contribution < -0.4 is 5.73 Å². The zero-order valence-corrected chi connectivity index (χ0v) is 23.3. The molecule has 216 valence electrons. The fourth-order valence-electron chi connectivity index (χ4n) is 7.25. The minimum atomic E-state index is -2.72. The topological polar surface area (TPSA) is 165 Å². The van der Waals surface area contributed by atoms with Crippen molar-refractivity contribution in [3.8, 4) is 5.75 Å². The minimum Gasteiger partial charge on any atom is -0.508 e. The lowest BCUT2D eigenvalue weighted by Crippen LogP contribution is -2.65. The summed E-state index contributed by atoms with van der Waals surface area (Å²) in [6.45, 7) is 7.85. The molecular formula is C29H36FN3O7. The van der Waals surface area contributed by atoms with Crippen molar-refractivity contribution in [1.82, 2.24) is 9.80 Å². The van der Waals surface area contributed by atoms with Crippen LogP contribution in [0.3, 0.4) is 0 Å². The summed E-state index contributed by atoms with van der Waals surface area (Å²) in [6.07, 6.45) is 0.186. The van der Waals surface area contributed by atoms with Gasteiger partial charge in [-0.25, -0.2) is 4.39 Å². The second-order valence-electron chi connectivity index (χ2n) is 13.0. The lowest BCUT2D eigenvalue weighted by Gasteiger charge is -2.50. The third kappa shape index (κ3) is 3.89. The number of nitrogens with zero attached hydrogens (tertiary/aromatic N) is 2. The molecule has 10 nitrogen and oxygen atoms in total. The fraction of sp³-hybridized carbons (Fsp3) is 0.552. The molecule has 1 saturated carbocycles. The standard InChI is InChI=1S/C29H36FN3O7/c1-28(2,3)11-33-7-6-13-15(10-33)20(30)14-8-12-9-16-21(32(4)5)24(36)19(27(31)39)26(38)29(16,40)25(37)17(12)23(35)18(14)22(13)34/h12,16,21,34-35,38,40H,6-11H2,1-5H3,(H2,31,39)/t12-,16-,21-,29-/m0/s1. The zero-order valence-electron chi connectivity index (χ0n) is 23.3. The van der Waals surface area contributed by atoms with Crippen LogP contribution in [0, 0.1) is 23.1 Å². The summed E-state index contributed by atoms with van der Waals surface area (Å²) in [7, 11) is 3.06. The molecule has 0 aromatic heterocycles. The van der Waals surface area contributed by atoms with E-state index in [0.29, 0.717) is 24.1 Å². The molecule has 1 aliphatic heterocycles. The molecule has 4 aliphatic rings. The summed E-state index contributed by atoms with van der Waals surface area (Å²) in [4.78, 5) is 42.8. The number of primary amides is 1. The lowest BCUT2D eigenvalue weighted by atomic mass is 9.57. The molecule has 1 amide bonds. The number of halogens is 1. The Balaban J connectivity index is 1.67. The van der Waals surface area contributed by atoms with Crippen LogP contribution in [0.1, 0.15) is 49.4 Å². The van der Waals surface area contributed by atoms with E-state index in [2.05, 4.69) is 25.7 Å². The average molecular weight is 558 g/mol. The van der Waals surface area contributed by atoms with Crippen LogP contribution >= 0.6 is 0 Å². The van der Waals surface area contributed by atoms with Crippen molar-refractivity contribution in [1.29, 1.82) is 0 Å². The summed E-state index contributed by atoms with van der Waals surface area (Å²) in [6, 6.07) is -1.19. The van der Waals surface area contributed by atoms with Crippen LogP contribution in [-0.4, -0.2) is 86.5 Å². The molecule has 1 fully saturated rings. The van der Waals surface area contributed by atoms with E-state index >= 15 is 4.39 Å². The van der Waals surface area contributed by atoms with Crippen LogP contribution in [0.2, 0.25) is 0 Å². The Morgan fingerprint density at radius 1 is 1.15 bits per heavy atom. The SMILES string of the molecule is CN(C)[C@@H]1C(=O)C(C(N)=O)=C(O)[C@@]2(O)C(=O)C3=C(O)c4c(O)c5c(c(F)c4C[C@H]3C[C@@H]12)CN(CC(C)(C)C)CC5. The number of phenolic OH excluding ortho intramolecular Hbond substituents is 1. The number of carbonyl (C=O) groups excluding carboxylic acids is 3. The first-order valence-corrected chi connectivity index (χ1v) is 13.4. The smallest absolute Gasteiger partial charge is 0.255 e. The number of amides is 1. The van der Waals surface area contributed by atoms with Gasteiger partial charge in [0, 0.05) is 47.8 Å². The largest absolute Gasteiger partial charge is 0.508 e. The molecule has 1 aromatic rings. The predicted molar refractivity (Wildman–Crippen MR) is 143 cm³/mol. The Bertz CT molecular complexity index is 1420. The maximum absolute atomic E-state index is 16.2. The number of Topliss-reactive ketones (excluding diaryl/α,β-unsaturated/α-hetero) is 2. The van der Waals surface area contributed by atoms with Crippen molar-refractivity contribution in [2.75, 3.05) is 27.2 Å². The van der Waals surface area contributed by atoms with Crippen molar-refractivity contribution >= 4 is 23.2 Å².